The van der Waals surface area contributed by atoms with Gasteiger partial charge < -0.3 is 19.5 Å². The van der Waals surface area contributed by atoms with Crippen molar-refractivity contribution in [2.75, 3.05) is 19.2 Å². The van der Waals surface area contributed by atoms with E-state index in [0.29, 0.717) is 17.7 Å². The molecule has 1 fully saturated rings. The molecule has 0 unspecified atom stereocenters. The summed E-state index contributed by atoms with van der Waals surface area (Å²) in [6.45, 7) is 0.231. The van der Waals surface area contributed by atoms with Crippen molar-refractivity contribution in [2.24, 2.45) is 0 Å². The summed E-state index contributed by atoms with van der Waals surface area (Å²) in [6, 6.07) is 14.1. The molecule has 0 spiro atoms. The molecule has 1 N–H and O–H groups in total. The third-order valence-corrected chi connectivity index (χ3v) is 6.30. The highest BCUT2D eigenvalue weighted by molar-refractivity contribution is 5.84. The van der Waals surface area contributed by atoms with Crippen LogP contribution in [0.4, 0.5) is 5.95 Å². The van der Waals surface area contributed by atoms with E-state index in [1.807, 2.05) is 42.5 Å². The van der Waals surface area contributed by atoms with E-state index >= 15 is 0 Å². The lowest BCUT2D eigenvalue weighted by molar-refractivity contribution is 0.174. The largest absolute Gasteiger partial charge is 0.497 e. The number of rotatable bonds is 5. The van der Waals surface area contributed by atoms with Gasteiger partial charge in [-0.1, -0.05) is 19.3 Å². The Morgan fingerprint density at radius 3 is 2.73 bits per heavy atom. The average Bonchev–Trinajstić information content (AvgIpc) is 3.48. The number of hydrogen-bond donors (Lipinski definition) is 1. The van der Waals surface area contributed by atoms with Crippen LogP contribution < -0.4 is 19.5 Å². The molecule has 6 rings (SSSR count). The van der Waals surface area contributed by atoms with E-state index < -0.39 is 0 Å². The van der Waals surface area contributed by atoms with Gasteiger partial charge in [-0.15, -0.1) is 0 Å². The number of aromatic nitrogens is 4. The molecule has 2 aliphatic rings. The van der Waals surface area contributed by atoms with Crippen molar-refractivity contribution in [3.8, 4) is 34.5 Å². The monoisotopic (exact) mass is 443 g/mol. The second-order valence-corrected chi connectivity index (χ2v) is 8.41. The number of nitrogens with one attached hydrogen (secondary N) is 1. The van der Waals surface area contributed by atoms with Crippen molar-refractivity contribution >= 4 is 17.0 Å². The molecule has 168 valence electrons. The zero-order valence-corrected chi connectivity index (χ0v) is 18.5. The Kier molecular flexibility index (Phi) is 4.97. The zero-order valence-electron chi connectivity index (χ0n) is 18.5. The van der Waals surface area contributed by atoms with E-state index in [4.69, 9.17) is 24.2 Å². The first kappa shape index (κ1) is 19.8. The van der Waals surface area contributed by atoms with Gasteiger partial charge in [0, 0.05) is 23.9 Å². The van der Waals surface area contributed by atoms with Gasteiger partial charge in [0.1, 0.15) is 17.4 Å². The summed E-state index contributed by atoms with van der Waals surface area (Å²) < 4.78 is 18.6. The first-order valence-corrected chi connectivity index (χ1v) is 11.3. The molecule has 0 amide bonds. The maximum absolute atomic E-state index is 5.61. The SMILES string of the molecule is COc1ccc2c(c1)nc(-c1ccc3c(c1)OCO3)n2-c1ccnc(NC2CCCCC2)n1. The van der Waals surface area contributed by atoms with Gasteiger partial charge in [-0.25, -0.2) is 9.97 Å². The van der Waals surface area contributed by atoms with Crippen molar-refractivity contribution in [3.05, 3.63) is 48.7 Å². The van der Waals surface area contributed by atoms with Crippen LogP contribution in [0.2, 0.25) is 0 Å². The molecule has 2 aromatic heterocycles. The molecule has 1 aliphatic heterocycles. The van der Waals surface area contributed by atoms with Gasteiger partial charge in [0.2, 0.25) is 12.7 Å². The van der Waals surface area contributed by atoms with Crippen LogP contribution in [-0.2, 0) is 0 Å². The van der Waals surface area contributed by atoms with E-state index in [1.165, 1.54) is 19.3 Å². The summed E-state index contributed by atoms with van der Waals surface area (Å²) in [5.41, 5.74) is 2.67. The van der Waals surface area contributed by atoms with E-state index in [2.05, 4.69) is 14.9 Å². The molecule has 0 radical (unpaired) electrons. The summed E-state index contributed by atoms with van der Waals surface area (Å²) in [4.78, 5) is 14.3. The maximum Gasteiger partial charge on any atom is 0.231 e. The number of hydrogen-bond acceptors (Lipinski definition) is 7. The number of fused-ring (bicyclic) bond motifs is 2. The van der Waals surface area contributed by atoms with Crippen LogP contribution >= 0.6 is 0 Å². The van der Waals surface area contributed by atoms with Crippen LogP contribution in [0.5, 0.6) is 17.2 Å². The molecule has 4 aromatic rings. The van der Waals surface area contributed by atoms with Crippen LogP contribution in [0.1, 0.15) is 32.1 Å². The molecule has 2 aromatic carbocycles. The minimum atomic E-state index is 0.231. The lowest BCUT2D eigenvalue weighted by Gasteiger charge is -2.22. The molecule has 3 heterocycles. The quantitative estimate of drug-likeness (QED) is 0.466. The topological polar surface area (TPSA) is 83.3 Å². The van der Waals surface area contributed by atoms with Crippen molar-refractivity contribution in [2.45, 2.75) is 38.1 Å². The smallest absolute Gasteiger partial charge is 0.231 e. The summed E-state index contributed by atoms with van der Waals surface area (Å²) in [5.74, 6) is 4.37. The number of ether oxygens (including phenoxy) is 3. The Hall–Kier alpha value is -3.81. The highest BCUT2D eigenvalue weighted by Crippen LogP contribution is 2.37. The predicted octanol–water partition coefficient (Wildman–Crippen LogP) is 4.96. The van der Waals surface area contributed by atoms with Gasteiger partial charge in [0.05, 0.1) is 18.1 Å². The lowest BCUT2D eigenvalue weighted by Crippen LogP contribution is -2.23. The molecule has 1 saturated carbocycles. The summed E-state index contributed by atoms with van der Waals surface area (Å²) >= 11 is 0. The van der Waals surface area contributed by atoms with Gasteiger partial charge in [-0.3, -0.25) is 4.57 Å². The van der Waals surface area contributed by atoms with Crippen LogP contribution in [-0.4, -0.2) is 39.5 Å². The zero-order chi connectivity index (χ0) is 22.2. The molecule has 0 saturated heterocycles. The maximum atomic E-state index is 5.61. The summed E-state index contributed by atoms with van der Waals surface area (Å²) in [5, 5.41) is 3.53. The average molecular weight is 444 g/mol. The third kappa shape index (κ3) is 3.71. The molecule has 0 atom stereocenters. The molecular formula is C25H25N5O3. The minimum absolute atomic E-state index is 0.231. The second kappa shape index (κ2) is 8.27. The molecule has 8 heteroatoms. The number of anilines is 1. The fourth-order valence-corrected chi connectivity index (χ4v) is 4.62. The van der Waals surface area contributed by atoms with Crippen molar-refractivity contribution in [1.82, 2.24) is 19.5 Å². The van der Waals surface area contributed by atoms with Gasteiger partial charge in [0.15, 0.2) is 11.5 Å². The Morgan fingerprint density at radius 2 is 1.85 bits per heavy atom. The molecular weight excluding hydrogens is 418 g/mol. The van der Waals surface area contributed by atoms with E-state index in [0.717, 1.165) is 52.6 Å². The van der Waals surface area contributed by atoms with Gasteiger partial charge in [0.25, 0.3) is 0 Å². The molecule has 8 nitrogen and oxygen atoms in total. The number of benzene rings is 2. The Balaban J connectivity index is 1.47. The van der Waals surface area contributed by atoms with Crippen LogP contribution in [0.3, 0.4) is 0 Å². The Morgan fingerprint density at radius 1 is 0.970 bits per heavy atom. The van der Waals surface area contributed by atoms with Gasteiger partial charge in [-0.2, -0.15) is 4.98 Å². The summed E-state index contributed by atoms with van der Waals surface area (Å²) in [6.07, 6.45) is 7.92. The molecule has 0 bridgehead atoms. The standard InChI is InChI=1S/C25H25N5O3/c1-31-18-8-9-20-19(14-18)28-24(16-7-10-21-22(13-16)33-15-32-21)30(20)23-11-12-26-25(29-23)27-17-5-3-2-4-6-17/h7-14,17H,2-6,15H2,1H3,(H,26,27,29). The second-order valence-electron chi connectivity index (χ2n) is 8.41. The fourth-order valence-electron chi connectivity index (χ4n) is 4.62. The Bertz CT molecular complexity index is 1310. The van der Waals surface area contributed by atoms with Crippen molar-refractivity contribution in [3.63, 3.8) is 0 Å². The van der Waals surface area contributed by atoms with E-state index in [-0.39, 0.29) is 6.79 Å². The number of methoxy groups -OCH3 is 1. The van der Waals surface area contributed by atoms with Crippen molar-refractivity contribution < 1.29 is 14.2 Å². The van der Waals surface area contributed by atoms with E-state index in [1.54, 1.807) is 13.3 Å². The fraction of sp³-hybridized carbons (Fsp3) is 0.320. The number of imidazole rings is 1. The summed E-state index contributed by atoms with van der Waals surface area (Å²) in [7, 11) is 1.66. The lowest BCUT2D eigenvalue weighted by atomic mass is 9.96. The normalized spacial score (nSPS) is 15.7. The molecule has 1 aliphatic carbocycles. The van der Waals surface area contributed by atoms with Gasteiger partial charge in [-0.05, 0) is 49.2 Å². The highest BCUT2D eigenvalue weighted by Gasteiger charge is 2.21. The van der Waals surface area contributed by atoms with Gasteiger partial charge >= 0.3 is 0 Å². The third-order valence-electron chi connectivity index (χ3n) is 6.30. The van der Waals surface area contributed by atoms with Crippen molar-refractivity contribution in [1.29, 1.82) is 0 Å². The first-order valence-electron chi connectivity index (χ1n) is 11.3. The number of nitrogens with zero attached hydrogens (tertiary/aromatic N) is 4. The van der Waals surface area contributed by atoms with Crippen LogP contribution in [0.15, 0.2) is 48.7 Å². The molecule has 33 heavy (non-hydrogen) atoms. The first-order chi connectivity index (χ1) is 16.3. The highest BCUT2D eigenvalue weighted by atomic mass is 16.7. The van der Waals surface area contributed by atoms with Crippen LogP contribution in [0.25, 0.3) is 28.2 Å². The van der Waals surface area contributed by atoms with Crippen LogP contribution in [0, 0.1) is 0 Å². The van der Waals surface area contributed by atoms with E-state index in [9.17, 15) is 0 Å². The minimum Gasteiger partial charge on any atom is -0.497 e. The Labute approximate surface area is 191 Å². The predicted molar refractivity (Wildman–Crippen MR) is 125 cm³/mol.